The zero-order valence-corrected chi connectivity index (χ0v) is 13.0. The molecule has 0 fully saturated rings. The van der Waals surface area contributed by atoms with E-state index in [2.05, 4.69) is 10.3 Å². The molecular weight excluding hydrogens is 254 g/mol. The van der Waals surface area contributed by atoms with Crippen molar-refractivity contribution >= 4 is 11.5 Å². The second kappa shape index (κ2) is 7.94. The number of rotatable bonds is 8. The Kier molecular flexibility index (Phi) is 6.58. The van der Waals surface area contributed by atoms with Gasteiger partial charge in [0.2, 0.25) is 5.88 Å². The van der Waals surface area contributed by atoms with Crippen LogP contribution in [0.1, 0.15) is 40.0 Å². The van der Waals surface area contributed by atoms with Gasteiger partial charge in [-0.3, -0.25) is 0 Å². The molecule has 1 aromatic heterocycles. The van der Waals surface area contributed by atoms with Gasteiger partial charge in [0, 0.05) is 20.3 Å². The van der Waals surface area contributed by atoms with Crippen LogP contribution in [-0.2, 0) is 4.74 Å². The Hall–Kier alpha value is -1.49. The molecule has 114 valence electrons. The minimum absolute atomic E-state index is 0.306. The maximum atomic E-state index is 5.88. The lowest BCUT2D eigenvalue weighted by Crippen LogP contribution is -2.24. The normalized spacial score (nSPS) is 11.4. The fourth-order valence-electron chi connectivity index (χ4n) is 1.69. The first kappa shape index (κ1) is 16.6. The molecule has 0 unspecified atom stereocenters. The first-order valence-corrected chi connectivity index (χ1v) is 7.11. The van der Waals surface area contributed by atoms with Crippen molar-refractivity contribution < 1.29 is 9.47 Å². The van der Waals surface area contributed by atoms with Crippen molar-refractivity contribution in [1.82, 2.24) is 4.98 Å². The molecule has 0 radical (unpaired) electrons. The largest absolute Gasteiger partial charge is 0.470 e. The third kappa shape index (κ3) is 6.61. The predicted molar refractivity (Wildman–Crippen MR) is 83.2 cm³/mol. The van der Waals surface area contributed by atoms with E-state index < -0.39 is 0 Å². The minimum Gasteiger partial charge on any atom is -0.470 e. The van der Waals surface area contributed by atoms with Crippen LogP contribution in [-0.4, -0.2) is 30.8 Å². The molecule has 0 amide bonds. The van der Waals surface area contributed by atoms with Gasteiger partial charge in [0.15, 0.2) is 0 Å². The summed E-state index contributed by atoms with van der Waals surface area (Å²) in [6, 6.07) is 3.70. The Morgan fingerprint density at radius 2 is 1.95 bits per heavy atom. The summed E-state index contributed by atoms with van der Waals surface area (Å²) >= 11 is 0. The SMILES string of the molecule is COCCCCCNc1ccc(N)c(OC(C)(C)C)n1. The van der Waals surface area contributed by atoms with E-state index in [1.807, 2.05) is 32.9 Å². The highest BCUT2D eigenvalue weighted by Crippen LogP contribution is 2.24. The van der Waals surface area contributed by atoms with E-state index in [1.54, 1.807) is 7.11 Å². The lowest BCUT2D eigenvalue weighted by atomic mass is 10.2. The molecule has 0 aromatic carbocycles. The van der Waals surface area contributed by atoms with Gasteiger partial charge < -0.3 is 20.5 Å². The predicted octanol–water partition coefficient (Wildman–Crippen LogP) is 3.07. The molecule has 3 N–H and O–H groups in total. The molecule has 1 rings (SSSR count). The van der Waals surface area contributed by atoms with Crippen LogP contribution in [0.15, 0.2) is 12.1 Å². The molecule has 20 heavy (non-hydrogen) atoms. The molecule has 0 aliphatic carbocycles. The van der Waals surface area contributed by atoms with Crippen LogP contribution in [0.5, 0.6) is 5.88 Å². The quantitative estimate of drug-likeness (QED) is 0.717. The number of aromatic nitrogens is 1. The highest BCUT2D eigenvalue weighted by atomic mass is 16.5. The van der Waals surface area contributed by atoms with E-state index in [4.69, 9.17) is 15.2 Å². The summed E-state index contributed by atoms with van der Waals surface area (Å²) in [5.41, 5.74) is 6.13. The van der Waals surface area contributed by atoms with Crippen LogP contribution in [0, 0.1) is 0 Å². The van der Waals surface area contributed by atoms with Gasteiger partial charge in [0.25, 0.3) is 0 Å². The molecule has 5 heteroatoms. The number of unbranched alkanes of at least 4 members (excludes halogenated alkanes) is 2. The van der Waals surface area contributed by atoms with Crippen molar-refractivity contribution in [2.24, 2.45) is 0 Å². The first-order chi connectivity index (χ1) is 9.42. The molecule has 0 saturated carbocycles. The number of nitrogens with two attached hydrogens (primary N) is 1. The molecule has 1 heterocycles. The summed E-state index contributed by atoms with van der Waals surface area (Å²) in [5, 5.41) is 3.29. The van der Waals surface area contributed by atoms with E-state index in [9.17, 15) is 0 Å². The third-order valence-electron chi connectivity index (χ3n) is 2.62. The summed E-state index contributed by atoms with van der Waals surface area (Å²) in [6.45, 7) is 7.64. The Morgan fingerprint density at radius 1 is 1.20 bits per heavy atom. The summed E-state index contributed by atoms with van der Waals surface area (Å²) in [7, 11) is 1.73. The number of anilines is 2. The van der Waals surface area contributed by atoms with E-state index in [-0.39, 0.29) is 5.60 Å². The number of nitrogens with zero attached hydrogens (tertiary/aromatic N) is 1. The second-order valence-electron chi connectivity index (χ2n) is 5.79. The van der Waals surface area contributed by atoms with Gasteiger partial charge in [-0.25, -0.2) is 0 Å². The zero-order chi connectivity index (χ0) is 15.0. The number of ether oxygens (including phenoxy) is 2. The molecule has 0 saturated heterocycles. The maximum absolute atomic E-state index is 5.88. The summed E-state index contributed by atoms with van der Waals surface area (Å²) in [4.78, 5) is 4.41. The van der Waals surface area contributed by atoms with Gasteiger partial charge >= 0.3 is 0 Å². The fraction of sp³-hybridized carbons (Fsp3) is 0.667. The van der Waals surface area contributed by atoms with Crippen LogP contribution in [0.3, 0.4) is 0 Å². The van der Waals surface area contributed by atoms with Gasteiger partial charge in [-0.1, -0.05) is 0 Å². The lowest BCUT2D eigenvalue weighted by Gasteiger charge is -2.21. The molecule has 1 aromatic rings. The Labute approximate surface area is 121 Å². The van der Waals surface area contributed by atoms with E-state index in [0.29, 0.717) is 11.6 Å². The monoisotopic (exact) mass is 281 g/mol. The molecule has 0 aliphatic rings. The standard InChI is InChI=1S/C15H27N3O2/c1-15(2,3)20-14-12(16)8-9-13(18-14)17-10-6-5-7-11-19-4/h8-9H,5-7,10-11,16H2,1-4H3,(H,17,18). The Morgan fingerprint density at radius 3 is 2.60 bits per heavy atom. The Balaban J connectivity index is 2.45. The van der Waals surface area contributed by atoms with E-state index in [0.717, 1.165) is 38.2 Å². The maximum Gasteiger partial charge on any atom is 0.239 e. The number of nitrogen functional groups attached to an aromatic ring is 1. The van der Waals surface area contributed by atoms with Crippen LogP contribution in [0.25, 0.3) is 0 Å². The number of nitrogens with one attached hydrogen (secondary N) is 1. The van der Waals surface area contributed by atoms with Gasteiger partial charge in [-0.2, -0.15) is 4.98 Å². The third-order valence-corrected chi connectivity index (χ3v) is 2.62. The second-order valence-corrected chi connectivity index (χ2v) is 5.79. The molecular formula is C15H27N3O2. The number of pyridine rings is 1. The number of hydrogen-bond acceptors (Lipinski definition) is 5. The van der Waals surface area contributed by atoms with Gasteiger partial charge in [0.05, 0.1) is 5.69 Å². The van der Waals surface area contributed by atoms with Gasteiger partial charge in [0.1, 0.15) is 11.4 Å². The van der Waals surface area contributed by atoms with Crippen molar-refractivity contribution in [3.05, 3.63) is 12.1 Å². The average Bonchev–Trinajstić information content (AvgIpc) is 2.35. The lowest BCUT2D eigenvalue weighted by molar-refractivity contribution is 0.125. The molecule has 0 atom stereocenters. The summed E-state index contributed by atoms with van der Waals surface area (Å²) < 4.78 is 10.8. The highest BCUT2D eigenvalue weighted by molar-refractivity contribution is 5.53. The molecule has 0 aliphatic heterocycles. The van der Waals surface area contributed by atoms with Crippen LogP contribution >= 0.6 is 0 Å². The van der Waals surface area contributed by atoms with E-state index in [1.165, 1.54) is 0 Å². The van der Waals surface area contributed by atoms with E-state index >= 15 is 0 Å². The Bertz CT molecular complexity index is 403. The zero-order valence-electron chi connectivity index (χ0n) is 13.0. The number of methoxy groups -OCH3 is 1. The van der Waals surface area contributed by atoms with Gasteiger partial charge in [-0.15, -0.1) is 0 Å². The smallest absolute Gasteiger partial charge is 0.239 e. The van der Waals surface area contributed by atoms with Crippen molar-refractivity contribution in [3.8, 4) is 5.88 Å². The van der Waals surface area contributed by atoms with Crippen LogP contribution in [0.2, 0.25) is 0 Å². The van der Waals surface area contributed by atoms with Crippen molar-refractivity contribution in [1.29, 1.82) is 0 Å². The number of hydrogen-bond donors (Lipinski definition) is 2. The van der Waals surface area contributed by atoms with Crippen molar-refractivity contribution in [2.45, 2.75) is 45.6 Å². The van der Waals surface area contributed by atoms with Crippen molar-refractivity contribution in [3.63, 3.8) is 0 Å². The molecule has 5 nitrogen and oxygen atoms in total. The first-order valence-electron chi connectivity index (χ1n) is 7.11. The topological polar surface area (TPSA) is 69.4 Å². The summed E-state index contributed by atoms with van der Waals surface area (Å²) in [5.74, 6) is 1.28. The molecule has 0 bridgehead atoms. The fourth-order valence-corrected chi connectivity index (χ4v) is 1.69. The molecule has 0 spiro atoms. The van der Waals surface area contributed by atoms with Crippen LogP contribution < -0.4 is 15.8 Å². The van der Waals surface area contributed by atoms with Crippen molar-refractivity contribution in [2.75, 3.05) is 31.3 Å². The van der Waals surface area contributed by atoms with Gasteiger partial charge in [-0.05, 0) is 52.2 Å². The van der Waals surface area contributed by atoms with Crippen LogP contribution in [0.4, 0.5) is 11.5 Å². The average molecular weight is 281 g/mol. The minimum atomic E-state index is -0.306. The highest BCUT2D eigenvalue weighted by Gasteiger charge is 2.15. The summed E-state index contributed by atoms with van der Waals surface area (Å²) in [6.07, 6.45) is 3.32.